The molecule has 344 valence electrons. The van der Waals surface area contributed by atoms with Gasteiger partial charge in [-0.3, -0.25) is 4.79 Å². The summed E-state index contributed by atoms with van der Waals surface area (Å²) >= 11 is 0. The third-order valence-electron chi connectivity index (χ3n) is 12.3. The summed E-state index contributed by atoms with van der Waals surface area (Å²) < 4.78 is 0. The summed E-state index contributed by atoms with van der Waals surface area (Å²) in [6.07, 6.45) is 60.3. The number of hydrogen-bond acceptors (Lipinski definition) is 4. The molecule has 0 fully saturated rings. The minimum atomic E-state index is -0.748. The number of nitrogens with one attached hydrogen (secondary N) is 1. The molecular formula is C53H103NO4. The number of hydrogen-bond donors (Lipinski definition) is 4. The fourth-order valence-electron chi connectivity index (χ4n) is 8.26. The van der Waals surface area contributed by atoms with Gasteiger partial charge in [-0.2, -0.15) is 0 Å². The van der Waals surface area contributed by atoms with E-state index < -0.39 is 18.2 Å². The van der Waals surface area contributed by atoms with Gasteiger partial charge in [-0.1, -0.05) is 256 Å². The van der Waals surface area contributed by atoms with Crippen molar-refractivity contribution in [2.24, 2.45) is 0 Å². The molecule has 0 aromatic heterocycles. The Morgan fingerprint density at radius 3 is 1.09 bits per heavy atom. The number of amides is 1. The van der Waals surface area contributed by atoms with Crippen molar-refractivity contribution in [1.82, 2.24) is 5.32 Å². The van der Waals surface area contributed by atoms with E-state index in [1.807, 2.05) is 0 Å². The minimum Gasteiger partial charge on any atom is -0.394 e. The number of unbranched alkanes of at least 4 members (excludes halogenated alkanes) is 35. The van der Waals surface area contributed by atoms with Gasteiger partial charge in [-0.05, 0) is 44.9 Å². The summed E-state index contributed by atoms with van der Waals surface area (Å²) in [5.74, 6) is -0.281. The van der Waals surface area contributed by atoms with E-state index in [0.29, 0.717) is 12.8 Å². The molecule has 0 aromatic carbocycles. The Hall–Kier alpha value is -1.17. The molecule has 0 aromatic rings. The lowest BCUT2D eigenvalue weighted by Gasteiger charge is -2.23. The summed E-state index contributed by atoms with van der Waals surface area (Å²) in [4.78, 5) is 12.5. The van der Waals surface area contributed by atoms with Crippen LogP contribution in [0.15, 0.2) is 24.3 Å². The van der Waals surface area contributed by atoms with Gasteiger partial charge in [0.25, 0.3) is 0 Å². The third-order valence-corrected chi connectivity index (χ3v) is 12.3. The largest absolute Gasteiger partial charge is 0.394 e. The second kappa shape index (κ2) is 48.5. The minimum absolute atomic E-state index is 0.0371. The molecule has 4 N–H and O–H groups in total. The Labute approximate surface area is 362 Å². The fraction of sp³-hybridized carbons (Fsp3) is 0.906. The molecule has 0 saturated carbocycles. The number of aliphatic hydroxyl groups excluding tert-OH is 3. The van der Waals surface area contributed by atoms with Crippen LogP contribution in [-0.4, -0.2) is 46.1 Å². The SMILES string of the molecule is CCCCCCCCCCC/C=C\C/C=C\CCCCCCCCCCCCCC(O)CC(=O)NC(CO)C(O)CCCCCCCCCCCCCCCCCC. The molecule has 5 nitrogen and oxygen atoms in total. The lowest BCUT2D eigenvalue weighted by molar-refractivity contribution is -0.125. The molecule has 3 unspecified atom stereocenters. The molecular weight excluding hydrogens is 715 g/mol. The van der Waals surface area contributed by atoms with Gasteiger partial charge >= 0.3 is 0 Å². The Morgan fingerprint density at radius 2 is 0.741 bits per heavy atom. The van der Waals surface area contributed by atoms with E-state index >= 15 is 0 Å². The van der Waals surface area contributed by atoms with E-state index in [9.17, 15) is 20.1 Å². The van der Waals surface area contributed by atoms with Crippen molar-refractivity contribution in [2.75, 3.05) is 6.61 Å². The first-order valence-electron chi connectivity index (χ1n) is 26.1. The van der Waals surface area contributed by atoms with Crippen LogP contribution in [0.2, 0.25) is 0 Å². The number of carbonyl (C=O) groups is 1. The lowest BCUT2D eigenvalue weighted by Crippen LogP contribution is -2.46. The van der Waals surface area contributed by atoms with E-state index in [1.54, 1.807) is 0 Å². The molecule has 0 saturated heterocycles. The topological polar surface area (TPSA) is 89.8 Å². The average molecular weight is 818 g/mol. The quantitative estimate of drug-likeness (QED) is 0.0364. The van der Waals surface area contributed by atoms with Crippen molar-refractivity contribution in [3.05, 3.63) is 24.3 Å². The van der Waals surface area contributed by atoms with Crippen LogP contribution >= 0.6 is 0 Å². The monoisotopic (exact) mass is 818 g/mol. The molecule has 58 heavy (non-hydrogen) atoms. The standard InChI is InChI=1S/C53H103NO4/c1-3-5-7-9-11-13-15-17-19-21-22-23-24-25-26-27-28-29-30-31-32-34-36-38-40-42-44-46-50(56)48-53(58)54-51(49-55)52(57)47-45-43-41-39-37-35-33-20-18-16-14-12-10-8-6-4-2/h22-23,25-26,50-52,55-57H,3-21,24,27-49H2,1-2H3,(H,54,58)/b23-22-,26-25-. The van der Waals surface area contributed by atoms with Crippen molar-refractivity contribution in [1.29, 1.82) is 0 Å². The average Bonchev–Trinajstić information content (AvgIpc) is 3.22. The van der Waals surface area contributed by atoms with Crippen molar-refractivity contribution in [3.63, 3.8) is 0 Å². The summed E-state index contributed by atoms with van der Waals surface area (Å²) in [5.41, 5.74) is 0. The molecule has 1 amide bonds. The maximum absolute atomic E-state index is 12.5. The third kappa shape index (κ3) is 44.4. The molecule has 0 bridgehead atoms. The van der Waals surface area contributed by atoms with E-state index in [4.69, 9.17) is 0 Å². The molecule has 3 atom stereocenters. The van der Waals surface area contributed by atoms with E-state index in [2.05, 4.69) is 43.5 Å². The van der Waals surface area contributed by atoms with Crippen molar-refractivity contribution >= 4 is 5.91 Å². The van der Waals surface area contributed by atoms with Crippen molar-refractivity contribution in [2.45, 2.75) is 302 Å². The molecule has 0 aliphatic carbocycles. The van der Waals surface area contributed by atoms with Gasteiger partial charge in [-0.25, -0.2) is 0 Å². The predicted molar refractivity (Wildman–Crippen MR) is 255 cm³/mol. The number of carbonyl (C=O) groups excluding carboxylic acids is 1. The van der Waals surface area contributed by atoms with Crippen LogP contribution < -0.4 is 5.32 Å². The highest BCUT2D eigenvalue weighted by molar-refractivity contribution is 5.76. The predicted octanol–water partition coefficient (Wildman–Crippen LogP) is 15.7. The van der Waals surface area contributed by atoms with Crippen LogP contribution in [0, 0.1) is 0 Å². The highest BCUT2D eigenvalue weighted by Gasteiger charge is 2.21. The first-order chi connectivity index (χ1) is 28.5. The van der Waals surface area contributed by atoms with Crippen molar-refractivity contribution in [3.8, 4) is 0 Å². The van der Waals surface area contributed by atoms with Crippen LogP contribution in [0.4, 0.5) is 0 Å². The fourth-order valence-corrected chi connectivity index (χ4v) is 8.26. The maximum atomic E-state index is 12.5. The Kier molecular flexibility index (Phi) is 47.5. The molecule has 0 aliphatic rings. The van der Waals surface area contributed by atoms with E-state index in [1.165, 1.54) is 218 Å². The number of rotatable bonds is 48. The highest BCUT2D eigenvalue weighted by Crippen LogP contribution is 2.17. The zero-order valence-electron chi connectivity index (χ0n) is 39.2. The number of aliphatic hydroxyl groups is 3. The maximum Gasteiger partial charge on any atom is 0.222 e. The van der Waals surface area contributed by atoms with Gasteiger partial charge < -0.3 is 20.6 Å². The first-order valence-corrected chi connectivity index (χ1v) is 26.1. The smallest absolute Gasteiger partial charge is 0.222 e. The van der Waals surface area contributed by atoms with Crippen LogP contribution in [-0.2, 0) is 4.79 Å². The van der Waals surface area contributed by atoms with Gasteiger partial charge in [-0.15, -0.1) is 0 Å². The van der Waals surface area contributed by atoms with Gasteiger partial charge in [0.1, 0.15) is 0 Å². The molecule has 5 heteroatoms. The number of allylic oxidation sites excluding steroid dienone is 4. The normalized spacial score (nSPS) is 13.5. The van der Waals surface area contributed by atoms with Crippen LogP contribution in [0.3, 0.4) is 0 Å². The van der Waals surface area contributed by atoms with E-state index in [-0.39, 0.29) is 18.9 Å². The second-order valence-electron chi connectivity index (χ2n) is 18.1. The zero-order valence-corrected chi connectivity index (χ0v) is 39.2. The van der Waals surface area contributed by atoms with Gasteiger partial charge in [0.15, 0.2) is 0 Å². The van der Waals surface area contributed by atoms with Crippen LogP contribution in [0.5, 0.6) is 0 Å². The van der Waals surface area contributed by atoms with Gasteiger partial charge in [0.05, 0.1) is 31.3 Å². The van der Waals surface area contributed by atoms with Crippen LogP contribution in [0.1, 0.15) is 284 Å². The van der Waals surface area contributed by atoms with Gasteiger partial charge in [0, 0.05) is 0 Å². The highest BCUT2D eigenvalue weighted by atomic mass is 16.3. The van der Waals surface area contributed by atoms with Crippen molar-refractivity contribution < 1.29 is 20.1 Å². The Bertz CT molecular complexity index is 859. The molecule has 0 radical (unpaired) electrons. The molecule has 0 aliphatic heterocycles. The summed E-state index contributed by atoms with van der Waals surface area (Å²) in [6.45, 7) is 4.28. The molecule has 0 heterocycles. The summed E-state index contributed by atoms with van der Waals surface area (Å²) in [7, 11) is 0. The lowest BCUT2D eigenvalue weighted by atomic mass is 10.0. The van der Waals surface area contributed by atoms with Gasteiger partial charge in [0.2, 0.25) is 5.91 Å². The Morgan fingerprint density at radius 1 is 0.431 bits per heavy atom. The van der Waals surface area contributed by atoms with E-state index in [0.717, 1.165) is 32.1 Å². The van der Waals surface area contributed by atoms with Crippen LogP contribution in [0.25, 0.3) is 0 Å². The molecule has 0 rings (SSSR count). The zero-order chi connectivity index (χ0) is 42.3. The Balaban J connectivity index is 3.55. The summed E-state index contributed by atoms with van der Waals surface area (Å²) in [5, 5.41) is 33.5. The molecule has 0 spiro atoms. The first kappa shape index (κ1) is 56.8. The summed E-state index contributed by atoms with van der Waals surface area (Å²) in [6, 6.07) is -0.658. The second-order valence-corrected chi connectivity index (χ2v) is 18.1.